The SMILES string of the molecule is CN=C(NCCCc1cccc(F)c1)NCCc1c[nH]c2ccccc12.I. The molecule has 0 spiro atoms. The molecule has 0 fully saturated rings. The summed E-state index contributed by atoms with van der Waals surface area (Å²) in [6.07, 6.45) is 4.76. The molecular weight excluding hydrogens is 454 g/mol. The molecule has 3 N–H and O–H groups in total. The van der Waals surface area contributed by atoms with Gasteiger partial charge in [-0.3, -0.25) is 4.99 Å². The van der Waals surface area contributed by atoms with Crippen molar-refractivity contribution >= 4 is 40.8 Å². The fourth-order valence-corrected chi connectivity index (χ4v) is 3.07. The largest absolute Gasteiger partial charge is 0.361 e. The molecule has 0 radical (unpaired) electrons. The van der Waals surface area contributed by atoms with Gasteiger partial charge in [0.15, 0.2) is 5.96 Å². The van der Waals surface area contributed by atoms with E-state index in [1.165, 1.54) is 22.5 Å². The Morgan fingerprint density at radius 2 is 1.85 bits per heavy atom. The number of fused-ring (bicyclic) bond motifs is 1. The predicted octanol–water partition coefficient (Wildman–Crippen LogP) is 4.27. The van der Waals surface area contributed by atoms with E-state index in [0.717, 1.165) is 43.9 Å². The number of hydrogen-bond acceptors (Lipinski definition) is 1. The van der Waals surface area contributed by atoms with Crippen LogP contribution in [0.1, 0.15) is 17.5 Å². The Balaban J connectivity index is 0.00000261. The van der Waals surface area contributed by atoms with E-state index < -0.39 is 0 Å². The van der Waals surface area contributed by atoms with Gasteiger partial charge in [0.2, 0.25) is 0 Å². The number of hydrogen-bond donors (Lipinski definition) is 3. The van der Waals surface area contributed by atoms with E-state index in [2.05, 4.69) is 45.0 Å². The summed E-state index contributed by atoms with van der Waals surface area (Å²) in [5.41, 5.74) is 3.49. The molecule has 6 heteroatoms. The molecule has 3 aromatic rings. The molecule has 27 heavy (non-hydrogen) atoms. The Morgan fingerprint density at radius 3 is 2.67 bits per heavy atom. The summed E-state index contributed by atoms with van der Waals surface area (Å²) in [4.78, 5) is 7.56. The van der Waals surface area contributed by atoms with Crippen LogP contribution in [0.4, 0.5) is 4.39 Å². The van der Waals surface area contributed by atoms with Gasteiger partial charge < -0.3 is 15.6 Å². The van der Waals surface area contributed by atoms with Gasteiger partial charge in [0.05, 0.1) is 0 Å². The molecule has 0 atom stereocenters. The number of guanidine groups is 1. The van der Waals surface area contributed by atoms with Gasteiger partial charge in [-0.1, -0.05) is 30.3 Å². The summed E-state index contributed by atoms with van der Waals surface area (Å²) in [7, 11) is 1.77. The molecule has 2 aromatic carbocycles. The van der Waals surface area contributed by atoms with Gasteiger partial charge >= 0.3 is 0 Å². The van der Waals surface area contributed by atoms with E-state index >= 15 is 0 Å². The highest BCUT2D eigenvalue weighted by atomic mass is 127. The predicted molar refractivity (Wildman–Crippen MR) is 122 cm³/mol. The van der Waals surface area contributed by atoms with Crippen LogP contribution in [-0.2, 0) is 12.8 Å². The molecule has 0 unspecified atom stereocenters. The Morgan fingerprint density at radius 1 is 1.04 bits per heavy atom. The highest BCUT2D eigenvalue weighted by Gasteiger charge is 2.03. The Labute approximate surface area is 176 Å². The minimum absolute atomic E-state index is 0. The quantitative estimate of drug-likeness (QED) is 0.205. The summed E-state index contributed by atoms with van der Waals surface area (Å²) < 4.78 is 13.2. The number of aromatic amines is 1. The second kappa shape index (κ2) is 10.9. The summed E-state index contributed by atoms with van der Waals surface area (Å²) >= 11 is 0. The first kappa shape index (κ1) is 21.2. The van der Waals surface area contributed by atoms with Gasteiger partial charge in [0.1, 0.15) is 5.82 Å². The normalized spacial score (nSPS) is 11.3. The van der Waals surface area contributed by atoms with Crippen molar-refractivity contribution in [2.75, 3.05) is 20.1 Å². The lowest BCUT2D eigenvalue weighted by Gasteiger charge is -2.11. The van der Waals surface area contributed by atoms with Crippen LogP contribution in [0.5, 0.6) is 0 Å². The van der Waals surface area contributed by atoms with Crippen LogP contribution in [-0.4, -0.2) is 31.1 Å². The second-order valence-electron chi connectivity index (χ2n) is 6.27. The number of benzene rings is 2. The lowest BCUT2D eigenvalue weighted by molar-refractivity contribution is 0.624. The van der Waals surface area contributed by atoms with Crippen molar-refractivity contribution in [1.82, 2.24) is 15.6 Å². The van der Waals surface area contributed by atoms with Crippen molar-refractivity contribution in [2.45, 2.75) is 19.3 Å². The van der Waals surface area contributed by atoms with Crippen LogP contribution < -0.4 is 10.6 Å². The van der Waals surface area contributed by atoms with Crippen LogP contribution >= 0.6 is 24.0 Å². The molecule has 0 saturated heterocycles. The molecular formula is C21H26FIN4. The molecule has 0 saturated carbocycles. The number of aryl methyl sites for hydroxylation is 1. The summed E-state index contributed by atoms with van der Waals surface area (Å²) in [5, 5.41) is 7.92. The van der Waals surface area contributed by atoms with E-state index in [1.807, 2.05) is 12.1 Å². The highest BCUT2D eigenvalue weighted by Crippen LogP contribution is 2.17. The summed E-state index contributed by atoms with van der Waals surface area (Å²) in [5.74, 6) is 0.620. The average molecular weight is 480 g/mol. The fraction of sp³-hybridized carbons (Fsp3) is 0.286. The van der Waals surface area contributed by atoms with Crippen molar-refractivity contribution in [2.24, 2.45) is 4.99 Å². The van der Waals surface area contributed by atoms with E-state index in [0.29, 0.717) is 0 Å². The molecule has 1 aromatic heterocycles. The maximum absolute atomic E-state index is 13.2. The van der Waals surface area contributed by atoms with Crippen molar-refractivity contribution in [3.63, 3.8) is 0 Å². The summed E-state index contributed by atoms with van der Waals surface area (Å²) in [6, 6.07) is 15.1. The van der Waals surface area contributed by atoms with Crippen molar-refractivity contribution in [1.29, 1.82) is 0 Å². The smallest absolute Gasteiger partial charge is 0.190 e. The number of H-pyrrole nitrogens is 1. The topological polar surface area (TPSA) is 52.2 Å². The number of aliphatic imine (C=N–C) groups is 1. The molecule has 4 nitrogen and oxygen atoms in total. The maximum atomic E-state index is 13.2. The lowest BCUT2D eigenvalue weighted by Crippen LogP contribution is -2.38. The first-order valence-electron chi connectivity index (χ1n) is 9.00. The van der Waals surface area contributed by atoms with Crippen LogP contribution in [0.3, 0.4) is 0 Å². The van der Waals surface area contributed by atoms with Gasteiger partial charge in [0, 0.05) is 37.2 Å². The number of nitrogens with one attached hydrogen (secondary N) is 3. The third-order valence-electron chi connectivity index (χ3n) is 4.41. The fourth-order valence-electron chi connectivity index (χ4n) is 3.07. The van der Waals surface area contributed by atoms with E-state index in [4.69, 9.17) is 0 Å². The second-order valence-corrected chi connectivity index (χ2v) is 6.27. The zero-order valence-electron chi connectivity index (χ0n) is 15.5. The molecule has 3 rings (SSSR count). The van der Waals surface area contributed by atoms with E-state index in [9.17, 15) is 4.39 Å². The monoisotopic (exact) mass is 480 g/mol. The first-order valence-corrected chi connectivity index (χ1v) is 9.00. The third kappa shape index (κ3) is 6.23. The maximum Gasteiger partial charge on any atom is 0.190 e. The number of aromatic nitrogens is 1. The molecule has 144 valence electrons. The minimum atomic E-state index is -0.176. The van der Waals surface area contributed by atoms with Crippen LogP contribution in [0.25, 0.3) is 10.9 Å². The van der Waals surface area contributed by atoms with Gasteiger partial charge in [-0.2, -0.15) is 0 Å². The number of halogens is 2. The Hall–Kier alpha value is -2.09. The molecule has 0 aliphatic rings. The van der Waals surface area contributed by atoms with Gasteiger partial charge in [-0.05, 0) is 48.6 Å². The average Bonchev–Trinajstić information content (AvgIpc) is 3.07. The van der Waals surface area contributed by atoms with Crippen molar-refractivity contribution in [3.05, 3.63) is 71.7 Å². The molecule has 0 bridgehead atoms. The van der Waals surface area contributed by atoms with Gasteiger partial charge in [0.25, 0.3) is 0 Å². The zero-order valence-corrected chi connectivity index (χ0v) is 17.8. The standard InChI is InChI=1S/C21H25FN4.HI/c1-23-21(24-12-5-7-16-6-4-8-18(22)14-16)25-13-11-17-15-26-20-10-3-2-9-19(17)20;/h2-4,6,8-10,14-15,26H,5,7,11-13H2,1H3,(H2,23,24,25);1H. The molecule has 0 aliphatic heterocycles. The third-order valence-corrected chi connectivity index (χ3v) is 4.41. The Bertz CT molecular complexity index is 875. The van der Waals surface area contributed by atoms with Crippen LogP contribution in [0, 0.1) is 5.82 Å². The number of nitrogens with zero attached hydrogens (tertiary/aromatic N) is 1. The molecule has 1 heterocycles. The lowest BCUT2D eigenvalue weighted by atomic mass is 10.1. The molecule has 0 aliphatic carbocycles. The highest BCUT2D eigenvalue weighted by molar-refractivity contribution is 14.0. The van der Waals surface area contributed by atoms with Crippen LogP contribution in [0.15, 0.2) is 59.7 Å². The number of rotatable bonds is 7. The van der Waals surface area contributed by atoms with Crippen molar-refractivity contribution < 1.29 is 4.39 Å². The Kier molecular flexibility index (Phi) is 8.57. The van der Waals surface area contributed by atoms with E-state index in [-0.39, 0.29) is 29.8 Å². The van der Waals surface area contributed by atoms with Crippen molar-refractivity contribution in [3.8, 4) is 0 Å². The first-order chi connectivity index (χ1) is 12.8. The van der Waals surface area contributed by atoms with Gasteiger partial charge in [-0.25, -0.2) is 4.39 Å². The summed E-state index contributed by atoms with van der Waals surface area (Å²) in [6.45, 7) is 1.61. The minimum Gasteiger partial charge on any atom is -0.361 e. The van der Waals surface area contributed by atoms with Gasteiger partial charge in [-0.15, -0.1) is 24.0 Å². The zero-order chi connectivity index (χ0) is 18.2. The van der Waals surface area contributed by atoms with Crippen LogP contribution in [0.2, 0.25) is 0 Å². The number of para-hydroxylation sites is 1. The molecule has 0 amide bonds. The van der Waals surface area contributed by atoms with E-state index in [1.54, 1.807) is 19.2 Å².